The number of hydrogen-bond donors (Lipinski definition) is 5. The number of anilines is 1. The molecule has 0 aliphatic heterocycles. The number of carbonyl (C=O) groups excluding carboxylic acids is 1. The zero-order chi connectivity index (χ0) is 25.6. The number of pyridine rings is 1. The third-order valence-corrected chi connectivity index (χ3v) is 6.14. The number of phenolic OH excluding ortho intramolecular Hbond substituents is 1. The molecule has 1 atom stereocenters. The monoisotopic (exact) mass is 476 g/mol. The number of rotatable bonds is 10. The quantitative estimate of drug-likeness (QED) is 0.304. The molecule has 1 heterocycles. The second-order valence-electron chi connectivity index (χ2n) is 10.3. The van der Waals surface area contributed by atoms with Gasteiger partial charge in [-0.1, -0.05) is 44.2 Å². The number of β-amino-alcohol motifs (C(OH)–C–C–N with tert-alkyl or cyclic N) is 1. The van der Waals surface area contributed by atoms with Gasteiger partial charge in [0.05, 0.1) is 6.10 Å². The number of phenols is 1. The summed E-state index contributed by atoms with van der Waals surface area (Å²) in [6, 6.07) is 18.1. The maximum atomic E-state index is 12.9. The number of nitrogens with two attached hydrogens (primary N) is 1. The molecule has 7 nitrogen and oxygen atoms in total. The van der Waals surface area contributed by atoms with E-state index < -0.39 is 6.10 Å². The number of nitrogens with zero attached hydrogens (tertiary/aromatic N) is 1. The van der Waals surface area contributed by atoms with Crippen molar-refractivity contribution in [2.45, 2.75) is 51.2 Å². The fraction of sp³-hybridized carbons (Fsp3) is 0.357. The Kier molecular flexibility index (Phi) is 8.14. The lowest BCUT2D eigenvalue weighted by Gasteiger charge is -2.28. The Morgan fingerprint density at radius 1 is 1.06 bits per heavy atom. The minimum Gasteiger partial charge on any atom is -0.508 e. The molecule has 1 aromatic heterocycles. The van der Waals surface area contributed by atoms with E-state index >= 15 is 0 Å². The number of nitrogens with one attached hydrogen (secondary N) is 2. The first-order valence-corrected chi connectivity index (χ1v) is 11.8. The number of carbonyl (C=O) groups is 1. The van der Waals surface area contributed by atoms with Gasteiger partial charge < -0.3 is 26.6 Å². The summed E-state index contributed by atoms with van der Waals surface area (Å²) in [4.78, 5) is 16.9. The van der Waals surface area contributed by atoms with E-state index in [0.717, 1.165) is 11.1 Å². The van der Waals surface area contributed by atoms with Crippen LogP contribution in [0.3, 0.4) is 0 Å². The molecule has 0 aliphatic carbocycles. The third-order valence-electron chi connectivity index (χ3n) is 6.14. The van der Waals surface area contributed by atoms with E-state index in [1.54, 1.807) is 30.5 Å². The molecule has 7 heteroatoms. The molecule has 0 fully saturated rings. The van der Waals surface area contributed by atoms with Crippen molar-refractivity contribution in [3.8, 4) is 5.75 Å². The molecule has 0 bridgehead atoms. The van der Waals surface area contributed by atoms with E-state index in [9.17, 15) is 15.0 Å². The van der Waals surface area contributed by atoms with Crippen molar-refractivity contribution < 1.29 is 15.0 Å². The Hall–Kier alpha value is -3.42. The van der Waals surface area contributed by atoms with Crippen LogP contribution in [0.4, 0.5) is 5.82 Å². The number of nitrogen functional groups attached to an aromatic ring is 1. The first-order chi connectivity index (χ1) is 16.4. The summed E-state index contributed by atoms with van der Waals surface area (Å²) in [5, 5.41) is 26.4. The first-order valence-electron chi connectivity index (χ1n) is 11.8. The summed E-state index contributed by atoms with van der Waals surface area (Å²) < 4.78 is 0. The highest BCUT2D eigenvalue weighted by Gasteiger charge is 2.23. The van der Waals surface area contributed by atoms with Crippen LogP contribution in [-0.4, -0.2) is 39.7 Å². The van der Waals surface area contributed by atoms with Gasteiger partial charge in [-0.25, -0.2) is 4.98 Å². The number of aliphatic hydroxyl groups is 1. The molecule has 3 aromatic rings. The maximum Gasteiger partial charge on any atom is 0.251 e. The van der Waals surface area contributed by atoms with Gasteiger partial charge in [-0.2, -0.15) is 0 Å². The standard InChI is InChI=1S/C28H36N4O3/c1-27(2,22-9-11-23(33)12-10-22)18-31-26(35)20-7-5-6-19(14-20)15-28(3,4)32-17-24(34)21-8-13-25(29)30-16-21/h5-14,16,24,32-34H,15,17-18H2,1-4H3,(H2,29,30)(H,31,35)/t24-/m0/s1. The van der Waals surface area contributed by atoms with Crippen LogP contribution in [0.2, 0.25) is 0 Å². The van der Waals surface area contributed by atoms with Gasteiger partial charge in [0.2, 0.25) is 0 Å². The van der Waals surface area contributed by atoms with Gasteiger partial charge in [0, 0.05) is 41.4 Å². The van der Waals surface area contributed by atoms with Gasteiger partial charge in [-0.05, 0) is 61.7 Å². The predicted octanol–water partition coefficient (Wildman–Crippen LogP) is 3.72. The van der Waals surface area contributed by atoms with Gasteiger partial charge >= 0.3 is 0 Å². The normalized spacial score (nSPS) is 12.8. The second kappa shape index (κ2) is 10.9. The number of aromatic hydroxyl groups is 1. The summed E-state index contributed by atoms with van der Waals surface area (Å²) in [5.41, 5.74) is 8.39. The van der Waals surface area contributed by atoms with E-state index in [2.05, 4.69) is 43.3 Å². The molecule has 186 valence electrons. The Labute approximate surface area is 207 Å². The number of hydrogen-bond acceptors (Lipinski definition) is 6. The minimum atomic E-state index is -0.698. The fourth-order valence-electron chi connectivity index (χ4n) is 3.92. The molecular formula is C28H36N4O3. The van der Waals surface area contributed by atoms with Crippen LogP contribution >= 0.6 is 0 Å². The number of benzene rings is 2. The maximum absolute atomic E-state index is 12.9. The lowest BCUT2D eigenvalue weighted by molar-refractivity contribution is 0.0945. The van der Waals surface area contributed by atoms with Crippen molar-refractivity contribution in [2.75, 3.05) is 18.8 Å². The van der Waals surface area contributed by atoms with Gasteiger partial charge in [0.1, 0.15) is 11.6 Å². The smallest absolute Gasteiger partial charge is 0.251 e. The lowest BCUT2D eigenvalue weighted by atomic mass is 9.84. The second-order valence-corrected chi connectivity index (χ2v) is 10.3. The van der Waals surface area contributed by atoms with Crippen LogP contribution in [0.25, 0.3) is 0 Å². The van der Waals surface area contributed by atoms with Gasteiger partial charge in [0.25, 0.3) is 5.91 Å². The summed E-state index contributed by atoms with van der Waals surface area (Å²) in [5.74, 6) is 0.511. The molecule has 1 amide bonds. The number of amides is 1. The van der Waals surface area contributed by atoms with Crippen molar-refractivity contribution in [1.29, 1.82) is 0 Å². The van der Waals surface area contributed by atoms with Crippen molar-refractivity contribution >= 4 is 11.7 Å². The highest BCUT2D eigenvalue weighted by molar-refractivity contribution is 5.94. The Balaban J connectivity index is 1.57. The molecule has 6 N–H and O–H groups in total. The average Bonchev–Trinajstić information content (AvgIpc) is 2.82. The molecule has 0 saturated carbocycles. The zero-order valence-electron chi connectivity index (χ0n) is 20.9. The first kappa shape index (κ1) is 26.2. The van der Waals surface area contributed by atoms with Crippen LogP contribution in [0.15, 0.2) is 66.9 Å². The van der Waals surface area contributed by atoms with Gasteiger partial charge in [-0.15, -0.1) is 0 Å². The molecule has 0 saturated heterocycles. The van der Waals surface area contributed by atoms with E-state index in [-0.39, 0.29) is 22.6 Å². The van der Waals surface area contributed by atoms with Crippen LogP contribution in [-0.2, 0) is 11.8 Å². The number of aromatic nitrogens is 1. The van der Waals surface area contributed by atoms with Crippen molar-refractivity contribution in [2.24, 2.45) is 0 Å². The van der Waals surface area contributed by atoms with Crippen LogP contribution in [0.1, 0.15) is 60.8 Å². The van der Waals surface area contributed by atoms with Crippen molar-refractivity contribution in [3.05, 3.63) is 89.1 Å². The molecular weight excluding hydrogens is 440 g/mol. The molecule has 0 spiro atoms. The Bertz CT molecular complexity index is 1130. The number of aliphatic hydroxyl groups excluding tert-OH is 1. The zero-order valence-corrected chi connectivity index (χ0v) is 20.9. The highest BCUT2D eigenvalue weighted by atomic mass is 16.3. The molecule has 3 rings (SSSR count). The van der Waals surface area contributed by atoms with Crippen LogP contribution < -0.4 is 16.4 Å². The minimum absolute atomic E-state index is 0.129. The summed E-state index contributed by atoms with van der Waals surface area (Å²) in [7, 11) is 0. The molecule has 35 heavy (non-hydrogen) atoms. The van der Waals surface area contributed by atoms with Crippen molar-refractivity contribution in [3.63, 3.8) is 0 Å². The fourth-order valence-corrected chi connectivity index (χ4v) is 3.92. The molecule has 0 radical (unpaired) electrons. The van der Waals surface area contributed by atoms with E-state index in [1.165, 1.54) is 0 Å². The summed E-state index contributed by atoms with van der Waals surface area (Å²) >= 11 is 0. The van der Waals surface area contributed by atoms with E-state index in [1.807, 2.05) is 36.4 Å². The van der Waals surface area contributed by atoms with Crippen LogP contribution in [0, 0.1) is 0 Å². The highest BCUT2D eigenvalue weighted by Crippen LogP contribution is 2.24. The predicted molar refractivity (Wildman–Crippen MR) is 139 cm³/mol. The largest absolute Gasteiger partial charge is 0.508 e. The van der Waals surface area contributed by atoms with Crippen molar-refractivity contribution in [1.82, 2.24) is 15.6 Å². The SMILES string of the molecule is CC(C)(Cc1cccc(C(=O)NCC(C)(C)c2ccc(O)cc2)c1)NC[C@H](O)c1ccc(N)nc1. The topological polar surface area (TPSA) is 120 Å². The van der Waals surface area contributed by atoms with Crippen LogP contribution in [0.5, 0.6) is 5.75 Å². The molecule has 2 aromatic carbocycles. The molecule has 0 aliphatic rings. The third kappa shape index (κ3) is 7.53. The molecule has 0 unspecified atom stereocenters. The lowest BCUT2D eigenvalue weighted by Crippen LogP contribution is -2.43. The van der Waals surface area contributed by atoms with E-state index in [0.29, 0.717) is 36.5 Å². The summed E-state index contributed by atoms with van der Waals surface area (Å²) in [6.45, 7) is 9.07. The Morgan fingerprint density at radius 2 is 1.77 bits per heavy atom. The summed E-state index contributed by atoms with van der Waals surface area (Å²) in [6.07, 6.45) is 1.57. The van der Waals surface area contributed by atoms with E-state index in [4.69, 9.17) is 5.73 Å². The van der Waals surface area contributed by atoms with Gasteiger partial charge in [-0.3, -0.25) is 4.79 Å². The Morgan fingerprint density at radius 3 is 2.43 bits per heavy atom. The van der Waals surface area contributed by atoms with Gasteiger partial charge in [0.15, 0.2) is 0 Å². The average molecular weight is 477 g/mol.